The second kappa shape index (κ2) is 8.78. The molecule has 0 radical (unpaired) electrons. The Hall–Kier alpha value is -1.31. The van der Waals surface area contributed by atoms with Crippen molar-refractivity contribution in [3.05, 3.63) is 29.8 Å². The maximum absolute atomic E-state index is 12.2. The van der Waals surface area contributed by atoms with Gasteiger partial charge in [-0.2, -0.15) is 0 Å². The summed E-state index contributed by atoms with van der Waals surface area (Å²) >= 11 is 0. The molecule has 0 spiro atoms. The van der Waals surface area contributed by atoms with Crippen LogP contribution in [0.3, 0.4) is 0 Å². The predicted octanol–water partition coefficient (Wildman–Crippen LogP) is 5.36. The third kappa shape index (κ3) is 4.99. The van der Waals surface area contributed by atoms with Crippen LogP contribution >= 0.6 is 0 Å². The predicted molar refractivity (Wildman–Crippen MR) is 87.1 cm³/mol. The normalized spacial score (nSPS) is 13.8. The zero-order valence-corrected chi connectivity index (χ0v) is 13.4. The van der Waals surface area contributed by atoms with E-state index in [1.807, 2.05) is 12.1 Å². The number of amides is 1. The third-order valence-electron chi connectivity index (χ3n) is 4.13. The first kappa shape index (κ1) is 16.7. The van der Waals surface area contributed by atoms with Crippen molar-refractivity contribution in [1.82, 2.24) is 0 Å². The highest BCUT2D eigenvalue weighted by molar-refractivity contribution is 5.92. The van der Waals surface area contributed by atoms with Crippen molar-refractivity contribution in [1.29, 1.82) is 0 Å². The summed E-state index contributed by atoms with van der Waals surface area (Å²) in [5.41, 5.74) is 2.25. The van der Waals surface area contributed by atoms with Gasteiger partial charge in [-0.05, 0) is 42.9 Å². The zero-order valence-electron chi connectivity index (χ0n) is 13.4. The monoisotopic (exact) mass is 275 g/mol. The van der Waals surface area contributed by atoms with Crippen molar-refractivity contribution >= 4 is 11.6 Å². The first-order valence-electron chi connectivity index (χ1n) is 8.03. The summed E-state index contributed by atoms with van der Waals surface area (Å²) in [4.78, 5) is 12.2. The van der Waals surface area contributed by atoms with E-state index in [2.05, 4.69) is 45.1 Å². The fourth-order valence-corrected chi connectivity index (χ4v) is 2.35. The number of hydrogen-bond donors (Lipinski definition) is 1. The van der Waals surface area contributed by atoms with E-state index in [1.165, 1.54) is 5.56 Å². The Balaban J connectivity index is 2.60. The highest BCUT2D eigenvalue weighted by Crippen LogP contribution is 2.21. The number of hydrogen-bond acceptors (Lipinski definition) is 1. The van der Waals surface area contributed by atoms with Gasteiger partial charge in [0, 0.05) is 11.6 Å². The summed E-state index contributed by atoms with van der Waals surface area (Å²) < 4.78 is 0. The molecule has 0 aliphatic heterocycles. The van der Waals surface area contributed by atoms with E-state index in [0.29, 0.717) is 5.92 Å². The molecular formula is C18H29NO. The Morgan fingerprint density at radius 2 is 1.75 bits per heavy atom. The van der Waals surface area contributed by atoms with E-state index in [4.69, 9.17) is 0 Å². The largest absolute Gasteiger partial charge is 0.326 e. The molecule has 1 amide bonds. The van der Waals surface area contributed by atoms with Crippen molar-refractivity contribution in [2.75, 3.05) is 5.32 Å². The molecule has 2 atom stereocenters. The molecule has 1 rings (SSSR count). The first-order valence-corrected chi connectivity index (χ1v) is 8.03. The van der Waals surface area contributed by atoms with Crippen molar-refractivity contribution in [3.8, 4) is 0 Å². The summed E-state index contributed by atoms with van der Waals surface area (Å²) in [6.45, 7) is 8.68. The zero-order chi connectivity index (χ0) is 15.0. The van der Waals surface area contributed by atoms with Crippen LogP contribution in [0.15, 0.2) is 24.3 Å². The third-order valence-corrected chi connectivity index (χ3v) is 4.13. The van der Waals surface area contributed by atoms with Crippen molar-refractivity contribution in [3.63, 3.8) is 0 Å². The second-order valence-electron chi connectivity index (χ2n) is 5.67. The van der Waals surface area contributed by atoms with Crippen molar-refractivity contribution in [2.24, 2.45) is 5.92 Å². The fourth-order valence-electron chi connectivity index (χ4n) is 2.35. The van der Waals surface area contributed by atoms with E-state index < -0.39 is 0 Å². The molecule has 2 heteroatoms. The molecule has 0 aromatic heterocycles. The molecule has 20 heavy (non-hydrogen) atoms. The van der Waals surface area contributed by atoms with Crippen LogP contribution in [0.4, 0.5) is 5.69 Å². The highest BCUT2D eigenvalue weighted by Gasteiger charge is 2.15. The van der Waals surface area contributed by atoms with Gasteiger partial charge in [-0.1, -0.05) is 52.7 Å². The van der Waals surface area contributed by atoms with E-state index >= 15 is 0 Å². The molecule has 1 aromatic carbocycles. The first-order chi connectivity index (χ1) is 9.62. The van der Waals surface area contributed by atoms with Crippen LogP contribution in [0.1, 0.15) is 71.3 Å². The SMILES string of the molecule is CCCCC(CC)C(=O)Nc1ccc(C(C)CC)cc1. The number of carbonyl (C=O) groups excluding carboxylic acids is 1. The van der Waals surface area contributed by atoms with Crippen molar-refractivity contribution in [2.45, 2.75) is 65.7 Å². The molecule has 0 heterocycles. The molecule has 0 aliphatic carbocycles. The summed E-state index contributed by atoms with van der Waals surface area (Å²) in [6.07, 6.45) is 5.31. The summed E-state index contributed by atoms with van der Waals surface area (Å²) in [5, 5.41) is 3.05. The van der Waals surface area contributed by atoms with Gasteiger partial charge in [0.25, 0.3) is 0 Å². The Morgan fingerprint density at radius 3 is 2.25 bits per heavy atom. The summed E-state index contributed by atoms with van der Waals surface area (Å²) in [6, 6.07) is 8.28. The van der Waals surface area contributed by atoms with Gasteiger partial charge in [0.2, 0.25) is 5.91 Å². The number of nitrogens with one attached hydrogen (secondary N) is 1. The number of benzene rings is 1. The van der Waals surface area contributed by atoms with Crippen LogP contribution in [-0.4, -0.2) is 5.91 Å². The van der Waals surface area contributed by atoms with E-state index in [1.54, 1.807) is 0 Å². The molecule has 2 nitrogen and oxygen atoms in total. The Morgan fingerprint density at radius 1 is 1.10 bits per heavy atom. The lowest BCUT2D eigenvalue weighted by atomic mass is 9.97. The van der Waals surface area contributed by atoms with Gasteiger partial charge < -0.3 is 5.32 Å². The minimum Gasteiger partial charge on any atom is -0.326 e. The van der Waals surface area contributed by atoms with Gasteiger partial charge in [0.1, 0.15) is 0 Å². The average Bonchev–Trinajstić information content (AvgIpc) is 2.48. The molecule has 0 aliphatic rings. The van der Waals surface area contributed by atoms with Crippen LogP contribution < -0.4 is 5.32 Å². The quantitative estimate of drug-likeness (QED) is 0.680. The number of anilines is 1. The smallest absolute Gasteiger partial charge is 0.227 e. The van der Waals surface area contributed by atoms with Gasteiger partial charge in [0.15, 0.2) is 0 Å². The second-order valence-corrected chi connectivity index (χ2v) is 5.67. The number of unbranched alkanes of at least 4 members (excludes halogenated alkanes) is 1. The van der Waals surface area contributed by atoms with Gasteiger partial charge in [-0.3, -0.25) is 4.79 Å². The molecule has 0 saturated heterocycles. The number of rotatable bonds is 8. The van der Waals surface area contributed by atoms with Crippen LogP contribution in [0, 0.1) is 5.92 Å². The Bertz CT molecular complexity index is 396. The lowest BCUT2D eigenvalue weighted by Crippen LogP contribution is -2.22. The maximum atomic E-state index is 12.2. The van der Waals surface area contributed by atoms with E-state index in [9.17, 15) is 4.79 Å². The maximum Gasteiger partial charge on any atom is 0.227 e. The van der Waals surface area contributed by atoms with E-state index in [-0.39, 0.29) is 11.8 Å². The van der Waals surface area contributed by atoms with Gasteiger partial charge in [-0.25, -0.2) is 0 Å². The van der Waals surface area contributed by atoms with Crippen LogP contribution in [0.2, 0.25) is 0 Å². The molecule has 1 aromatic rings. The lowest BCUT2D eigenvalue weighted by molar-refractivity contribution is -0.120. The van der Waals surface area contributed by atoms with Gasteiger partial charge >= 0.3 is 0 Å². The molecule has 0 fully saturated rings. The average molecular weight is 275 g/mol. The Kier molecular flexibility index (Phi) is 7.35. The summed E-state index contributed by atoms with van der Waals surface area (Å²) in [5.74, 6) is 0.883. The fraction of sp³-hybridized carbons (Fsp3) is 0.611. The molecule has 2 unspecified atom stereocenters. The molecular weight excluding hydrogens is 246 g/mol. The lowest BCUT2D eigenvalue weighted by Gasteiger charge is -2.15. The highest BCUT2D eigenvalue weighted by atomic mass is 16.1. The van der Waals surface area contributed by atoms with Gasteiger partial charge in [0.05, 0.1) is 0 Å². The van der Waals surface area contributed by atoms with E-state index in [0.717, 1.165) is 37.8 Å². The topological polar surface area (TPSA) is 29.1 Å². The number of carbonyl (C=O) groups is 1. The standard InChI is InChI=1S/C18H29NO/c1-5-8-9-15(7-3)18(20)19-17-12-10-16(11-13-17)14(4)6-2/h10-15H,5-9H2,1-4H3,(H,19,20). The Labute approximate surface area is 124 Å². The van der Waals surface area contributed by atoms with Crippen LogP contribution in [-0.2, 0) is 4.79 Å². The minimum atomic E-state index is 0.143. The molecule has 0 bridgehead atoms. The van der Waals surface area contributed by atoms with Crippen molar-refractivity contribution < 1.29 is 4.79 Å². The van der Waals surface area contributed by atoms with Crippen LogP contribution in [0.5, 0.6) is 0 Å². The minimum absolute atomic E-state index is 0.143. The van der Waals surface area contributed by atoms with Crippen LogP contribution in [0.25, 0.3) is 0 Å². The molecule has 0 saturated carbocycles. The molecule has 1 N–H and O–H groups in total. The summed E-state index contributed by atoms with van der Waals surface area (Å²) in [7, 11) is 0. The molecule has 112 valence electrons. The van der Waals surface area contributed by atoms with Gasteiger partial charge in [-0.15, -0.1) is 0 Å².